The van der Waals surface area contributed by atoms with Gasteiger partial charge in [-0.2, -0.15) is 0 Å². The highest BCUT2D eigenvalue weighted by molar-refractivity contribution is 7.92. The number of rotatable bonds is 7. The largest absolute Gasteiger partial charge is 0.314 e. The second-order valence-electron chi connectivity index (χ2n) is 4.87. The van der Waals surface area contributed by atoms with Crippen molar-refractivity contribution in [3.8, 4) is 0 Å². The van der Waals surface area contributed by atoms with Crippen LogP contribution in [-0.4, -0.2) is 26.8 Å². The highest BCUT2D eigenvalue weighted by Crippen LogP contribution is 2.23. The fraction of sp³-hybridized carbons (Fsp3) is 0.538. The first-order valence-corrected chi connectivity index (χ1v) is 8.33. The molecule has 0 heterocycles. The minimum absolute atomic E-state index is 0.0803. The molecule has 0 unspecified atom stereocenters. The third-order valence-corrected chi connectivity index (χ3v) is 4.22. The van der Waals surface area contributed by atoms with Crippen LogP contribution in [-0.2, 0) is 10.0 Å². The molecular formula is C13H21ClN2O2S. The lowest BCUT2D eigenvalue weighted by Crippen LogP contribution is -2.26. The van der Waals surface area contributed by atoms with Crippen LogP contribution in [0.2, 0.25) is 5.02 Å². The lowest BCUT2D eigenvalue weighted by molar-refractivity contribution is 0.571. The number of hydrogen-bond acceptors (Lipinski definition) is 3. The van der Waals surface area contributed by atoms with Gasteiger partial charge in [0.2, 0.25) is 10.0 Å². The number of halogens is 1. The zero-order chi connectivity index (χ0) is 14.5. The minimum atomic E-state index is -3.35. The Morgan fingerprint density at radius 2 is 2.00 bits per heavy atom. The Balaban J connectivity index is 2.57. The minimum Gasteiger partial charge on any atom is -0.314 e. The van der Waals surface area contributed by atoms with Crippen LogP contribution < -0.4 is 10.0 Å². The molecule has 0 saturated carbocycles. The highest BCUT2D eigenvalue weighted by Gasteiger charge is 2.12. The maximum Gasteiger partial charge on any atom is 0.232 e. The second kappa shape index (κ2) is 7.12. The predicted molar refractivity (Wildman–Crippen MR) is 81.4 cm³/mol. The van der Waals surface area contributed by atoms with Crippen LogP contribution in [0, 0.1) is 6.92 Å². The van der Waals surface area contributed by atoms with Crippen molar-refractivity contribution in [1.29, 1.82) is 0 Å². The van der Waals surface area contributed by atoms with E-state index < -0.39 is 10.0 Å². The fourth-order valence-corrected chi connectivity index (χ4v) is 2.94. The number of nitrogens with one attached hydrogen (secondary N) is 2. The molecule has 0 radical (unpaired) electrons. The molecule has 0 bridgehead atoms. The van der Waals surface area contributed by atoms with Gasteiger partial charge in [-0.25, -0.2) is 8.42 Å². The molecule has 0 atom stereocenters. The summed E-state index contributed by atoms with van der Waals surface area (Å²) in [7, 11) is -3.35. The monoisotopic (exact) mass is 304 g/mol. The summed E-state index contributed by atoms with van der Waals surface area (Å²) in [5, 5.41) is 3.60. The van der Waals surface area contributed by atoms with Crippen molar-refractivity contribution in [2.24, 2.45) is 0 Å². The number of sulfonamides is 1. The van der Waals surface area contributed by atoms with Gasteiger partial charge in [0, 0.05) is 6.04 Å². The van der Waals surface area contributed by atoms with Gasteiger partial charge in [-0.05, 0) is 37.6 Å². The highest BCUT2D eigenvalue weighted by atomic mass is 35.5. The SMILES string of the molecule is Cc1ccc(Cl)c(NS(=O)(=O)CCCNC(C)C)c1. The summed E-state index contributed by atoms with van der Waals surface area (Å²) in [6.07, 6.45) is 0.566. The Hall–Kier alpha value is -0.780. The molecule has 0 aliphatic carbocycles. The van der Waals surface area contributed by atoms with Crippen LogP contribution in [0.3, 0.4) is 0 Å². The molecular weight excluding hydrogens is 284 g/mol. The Bertz CT molecular complexity index is 515. The van der Waals surface area contributed by atoms with E-state index in [4.69, 9.17) is 11.6 Å². The molecule has 0 fully saturated rings. The summed E-state index contributed by atoms with van der Waals surface area (Å²) in [4.78, 5) is 0. The Labute approximate surface area is 120 Å². The van der Waals surface area contributed by atoms with Crippen molar-refractivity contribution in [1.82, 2.24) is 5.32 Å². The van der Waals surface area contributed by atoms with Gasteiger partial charge in [0.25, 0.3) is 0 Å². The first-order valence-electron chi connectivity index (χ1n) is 6.30. The van der Waals surface area contributed by atoms with Crippen molar-refractivity contribution in [3.63, 3.8) is 0 Å². The van der Waals surface area contributed by atoms with Gasteiger partial charge in [0.15, 0.2) is 0 Å². The van der Waals surface area contributed by atoms with E-state index in [0.717, 1.165) is 5.56 Å². The molecule has 0 aliphatic rings. The summed E-state index contributed by atoms with van der Waals surface area (Å²) >= 11 is 5.97. The Morgan fingerprint density at radius 3 is 2.63 bits per heavy atom. The summed E-state index contributed by atoms with van der Waals surface area (Å²) in [5.41, 5.74) is 1.40. The Kier molecular flexibility index (Phi) is 6.10. The lowest BCUT2D eigenvalue weighted by atomic mass is 10.2. The number of benzene rings is 1. The van der Waals surface area contributed by atoms with Gasteiger partial charge >= 0.3 is 0 Å². The van der Waals surface area contributed by atoms with Gasteiger partial charge in [-0.3, -0.25) is 4.72 Å². The number of aryl methyl sites for hydroxylation is 1. The molecule has 19 heavy (non-hydrogen) atoms. The molecule has 0 spiro atoms. The first kappa shape index (κ1) is 16.3. The van der Waals surface area contributed by atoms with Gasteiger partial charge < -0.3 is 5.32 Å². The van der Waals surface area contributed by atoms with E-state index in [0.29, 0.717) is 29.7 Å². The maximum atomic E-state index is 11.9. The Morgan fingerprint density at radius 1 is 1.32 bits per heavy atom. The van der Waals surface area contributed by atoms with Gasteiger partial charge in [0.05, 0.1) is 16.5 Å². The van der Waals surface area contributed by atoms with E-state index in [2.05, 4.69) is 10.0 Å². The average Bonchev–Trinajstić information content (AvgIpc) is 2.29. The molecule has 2 N–H and O–H groups in total. The van der Waals surface area contributed by atoms with E-state index in [1.807, 2.05) is 26.8 Å². The van der Waals surface area contributed by atoms with Crippen LogP contribution in [0.25, 0.3) is 0 Å². The molecule has 0 aliphatic heterocycles. The van der Waals surface area contributed by atoms with Crippen LogP contribution in [0.1, 0.15) is 25.8 Å². The van der Waals surface area contributed by atoms with Crippen molar-refractivity contribution in [3.05, 3.63) is 28.8 Å². The van der Waals surface area contributed by atoms with E-state index in [1.165, 1.54) is 0 Å². The van der Waals surface area contributed by atoms with Crippen molar-refractivity contribution >= 4 is 27.3 Å². The normalized spacial score (nSPS) is 11.8. The molecule has 0 saturated heterocycles. The average molecular weight is 305 g/mol. The quantitative estimate of drug-likeness (QED) is 0.762. The second-order valence-corrected chi connectivity index (χ2v) is 7.12. The number of anilines is 1. The van der Waals surface area contributed by atoms with Crippen LogP contribution in [0.4, 0.5) is 5.69 Å². The summed E-state index contributed by atoms with van der Waals surface area (Å²) < 4.78 is 26.3. The predicted octanol–water partition coefficient (Wildman–Crippen LogP) is 2.78. The smallest absolute Gasteiger partial charge is 0.232 e. The summed E-state index contributed by atoms with van der Waals surface area (Å²) in [6, 6.07) is 5.62. The van der Waals surface area contributed by atoms with E-state index in [-0.39, 0.29) is 5.75 Å². The van der Waals surface area contributed by atoms with E-state index in [1.54, 1.807) is 12.1 Å². The third-order valence-electron chi connectivity index (χ3n) is 2.53. The first-order chi connectivity index (χ1) is 8.80. The summed E-state index contributed by atoms with van der Waals surface area (Å²) in [5.74, 6) is 0.0803. The van der Waals surface area contributed by atoms with Crippen LogP contribution in [0.15, 0.2) is 18.2 Å². The van der Waals surface area contributed by atoms with Crippen LogP contribution in [0.5, 0.6) is 0 Å². The molecule has 6 heteroatoms. The fourth-order valence-electron chi connectivity index (χ4n) is 1.59. The van der Waals surface area contributed by atoms with Crippen molar-refractivity contribution in [2.75, 3.05) is 17.0 Å². The molecule has 0 aromatic heterocycles. The summed E-state index contributed by atoms with van der Waals surface area (Å²) in [6.45, 7) is 6.62. The van der Waals surface area contributed by atoms with E-state index >= 15 is 0 Å². The van der Waals surface area contributed by atoms with E-state index in [9.17, 15) is 8.42 Å². The molecule has 0 amide bonds. The van der Waals surface area contributed by atoms with Crippen molar-refractivity contribution in [2.45, 2.75) is 33.2 Å². The number of hydrogen-bond donors (Lipinski definition) is 2. The van der Waals surface area contributed by atoms with Crippen molar-refractivity contribution < 1.29 is 8.42 Å². The maximum absolute atomic E-state index is 11.9. The third kappa shape index (κ3) is 6.27. The topological polar surface area (TPSA) is 58.2 Å². The molecule has 1 rings (SSSR count). The van der Waals surface area contributed by atoms with Gasteiger partial charge in [0.1, 0.15) is 0 Å². The molecule has 1 aromatic carbocycles. The standard InChI is InChI=1S/C13H21ClN2O2S/c1-10(2)15-7-4-8-19(17,18)16-13-9-11(3)5-6-12(13)14/h5-6,9-10,15-16H,4,7-8H2,1-3H3. The molecule has 108 valence electrons. The molecule has 4 nitrogen and oxygen atoms in total. The van der Waals surface area contributed by atoms with Gasteiger partial charge in [-0.15, -0.1) is 0 Å². The molecule has 1 aromatic rings. The van der Waals surface area contributed by atoms with Crippen LogP contribution >= 0.6 is 11.6 Å². The zero-order valence-electron chi connectivity index (χ0n) is 11.5. The zero-order valence-corrected chi connectivity index (χ0v) is 13.1. The lowest BCUT2D eigenvalue weighted by Gasteiger charge is -2.11. The van der Waals surface area contributed by atoms with Gasteiger partial charge in [-0.1, -0.05) is 31.5 Å².